The monoisotopic (exact) mass is 616 g/mol. The summed E-state index contributed by atoms with van der Waals surface area (Å²) in [5.74, 6) is -0.845. The summed E-state index contributed by atoms with van der Waals surface area (Å²) < 4.78 is 6.47. The lowest BCUT2D eigenvalue weighted by atomic mass is 9.98. The third-order valence-electron chi connectivity index (χ3n) is 5.83. The Morgan fingerprint density at radius 2 is 1.64 bits per heavy atom. The SMILES string of the molecule is O=C(CSCCC(NC(=O)OCC1c2ccccc2-c2ccccc21)C(=O)O)Nc1cccc(I)c1. The molecule has 0 aromatic heterocycles. The number of carbonyl (C=O) groups excluding carboxylic acids is 2. The van der Waals surface area contributed by atoms with Gasteiger partial charge in [-0.05, 0) is 75.2 Å². The topological polar surface area (TPSA) is 105 Å². The highest BCUT2D eigenvalue weighted by Gasteiger charge is 2.29. The molecule has 1 unspecified atom stereocenters. The third-order valence-corrected chi connectivity index (χ3v) is 7.49. The van der Waals surface area contributed by atoms with E-state index in [0.29, 0.717) is 11.4 Å². The van der Waals surface area contributed by atoms with Crippen molar-refractivity contribution in [3.05, 3.63) is 87.5 Å². The van der Waals surface area contributed by atoms with Crippen LogP contribution in [0.5, 0.6) is 0 Å². The van der Waals surface area contributed by atoms with Crippen LogP contribution in [0.2, 0.25) is 0 Å². The normalized spacial score (nSPS) is 12.8. The van der Waals surface area contributed by atoms with Crippen LogP contribution in [0.25, 0.3) is 11.1 Å². The summed E-state index contributed by atoms with van der Waals surface area (Å²) >= 11 is 3.48. The first-order valence-electron chi connectivity index (χ1n) is 11.4. The van der Waals surface area contributed by atoms with Crippen LogP contribution in [0.4, 0.5) is 10.5 Å². The van der Waals surface area contributed by atoms with Gasteiger partial charge in [-0.2, -0.15) is 11.8 Å². The van der Waals surface area contributed by atoms with Gasteiger partial charge < -0.3 is 20.5 Å². The van der Waals surface area contributed by atoms with E-state index >= 15 is 0 Å². The molecule has 0 spiro atoms. The zero-order valence-corrected chi connectivity index (χ0v) is 22.3. The van der Waals surface area contributed by atoms with Crippen molar-refractivity contribution in [2.45, 2.75) is 18.4 Å². The van der Waals surface area contributed by atoms with Crippen LogP contribution in [0, 0.1) is 3.57 Å². The molecule has 4 rings (SSSR count). The number of nitrogens with one attached hydrogen (secondary N) is 2. The molecule has 1 atom stereocenters. The minimum atomic E-state index is -1.15. The Morgan fingerprint density at radius 3 is 2.28 bits per heavy atom. The fourth-order valence-electron chi connectivity index (χ4n) is 4.17. The van der Waals surface area contributed by atoms with E-state index in [-0.39, 0.29) is 30.6 Å². The lowest BCUT2D eigenvalue weighted by Crippen LogP contribution is -2.41. The van der Waals surface area contributed by atoms with E-state index in [1.54, 1.807) is 0 Å². The molecule has 186 valence electrons. The molecule has 0 radical (unpaired) electrons. The maximum atomic E-state index is 12.4. The van der Waals surface area contributed by atoms with Crippen molar-refractivity contribution in [3.8, 4) is 11.1 Å². The van der Waals surface area contributed by atoms with Crippen LogP contribution in [0.1, 0.15) is 23.5 Å². The number of benzene rings is 3. The predicted octanol–water partition coefficient (Wildman–Crippen LogP) is 5.34. The van der Waals surface area contributed by atoms with E-state index in [2.05, 4.69) is 33.2 Å². The summed E-state index contributed by atoms with van der Waals surface area (Å²) in [5, 5.41) is 14.8. The predicted molar refractivity (Wildman–Crippen MR) is 149 cm³/mol. The van der Waals surface area contributed by atoms with Crippen LogP contribution in [-0.4, -0.2) is 47.2 Å². The number of carbonyl (C=O) groups is 3. The molecule has 3 N–H and O–H groups in total. The maximum Gasteiger partial charge on any atom is 0.407 e. The maximum absolute atomic E-state index is 12.4. The number of hydrogen-bond acceptors (Lipinski definition) is 5. The zero-order chi connectivity index (χ0) is 25.5. The molecule has 2 amide bonds. The molecule has 7 nitrogen and oxygen atoms in total. The number of thioether (sulfide) groups is 1. The summed E-state index contributed by atoms with van der Waals surface area (Å²) in [6.45, 7) is 0.111. The first kappa shape index (κ1) is 26.0. The first-order chi connectivity index (χ1) is 17.4. The second-order valence-corrected chi connectivity index (χ2v) is 10.6. The number of halogens is 1. The molecule has 1 aliphatic carbocycles. The highest BCUT2D eigenvalue weighted by Crippen LogP contribution is 2.44. The Kier molecular flexibility index (Phi) is 8.87. The van der Waals surface area contributed by atoms with Crippen LogP contribution in [0.3, 0.4) is 0 Å². The quantitative estimate of drug-likeness (QED) is 0.210. The van der Waals surface area contributed by atoms with Gasteiger partial charge in [0.15, 0.2) is 0 Å². The zero-order valence-electron chi connectivity index (χ0n) is 19.3. The van der Waals surface area contributed by atoms with Crippen LogP contribution in [-0.2, 0) is 14.3 Å². The van der Waals surface area contributed by atoms with Gasteiger partial charge in [0.05, 0.1) is 5.75 Å². The summed E-state index contributed by atoms with van der Waals surface area (Å²) in [6.07, 6.45) is -0.605. The Bertz CT molecular complexity index is 1220. The van der Waals surface area contributed by atoms with Gasteiger partial charge >= 0.3 is 12.1 Å². The minimum Gasteiger partial charge on any atom is -0.480 e. The highest BCUT2D eigenvalue weighted by atomic mass is 127. The molecule has 36 heavy (non-hydrogen) atoms. The third kappa shape index (κ3) is 6.58. The second kappa shape index (κ2) is 12.3. The van der Waals surface area contributed by atoms with Gasteiger partial charge in [0.2, 0.25) is 5.91 Å². The van der Waals surface area contributed by atoms with Crippen molar-refractivity contribution in [1.29, 1.82) is 0 Å². The molecule has 0 aliphatic heterocycles. The molecule has 1 aliphatic rings. The number of alkyl carbamates (subject to hydrolysis) is 1. The molecule has 0 saturated carbocycles. The van der Waals surface area contributed by atoms with Crippen molar-refractivity contribution in [3.63, 3.8) is 0 Å². The summed E-state index contributed by atoms with van der Waals surface area (Å²) in [5.41, 5.74) is 5.12. The van der Waals surface area contributed by atoms with Crippen LogP contribution < -0.4 is 10.6 Å². The number of amides is 2. The van der Waals surface area contributed by atoms with E-state index < -0.39 is 18.1 Å². The molecule has 0 bridgehead atoms. The average molecular weight is 616 g/mol. The molecular formula is C27H25IN2O5S. The Hall–Kier alpha value is -3.05. The number of aliphatic carboxylic acids is 1. The smallest absolute Gasteiger partial charge is 0.407 e. The number of hydrogen-bond donors (Lipinski definition) is 3. The first-order valence-corrected chi connectivity index (χ1v) is 13.6. The molecule has 0 saturated heterocycles. The van der Waals surface area contributed by atoms with Crippen molar-refractivity contribution < 1.29 is 24.2 Å². The largest absolute Gasteiger partial charge is 0.480 e. The van der Waals surface area contributed by atoms with Gasteiger partial charge in [0.25, 0.3) is 0 Å². The molecule has 0 heterocycles. The van der Waals surface area contributed by atoms with Gasteiger partial charge in [-0.1, -0.05) is 54.6 Å². The van der Waals surface area contributed by atoms with Crippen LogP contribution >= 0.6 is 34.4 Å². The standard InChI is InChI=1S/C27H25IN2O5S/c28-17-6-5-7-18(14-17)29-25(31)16-36-13-12-24(26(32)33)30-27(34)35-15-23-21-10-3-1-8-19(21)20-9-2-4-11-22(20)23/h1-11,14,23-24H,12-13,15-16H2,(H,29,31)(H,30,34)(H,32,33). The van der Waals surface area contributed by atoms with E-state index in [1.807, 2.05) is 72.8 Å². The Labute approximate surface area is 227 Å². The lowest BCUT2D eigenvalue weighted by molar-refractivity contribution is -0.139. The van der Waals surface area contributed by atoms with E-state index in [9.17, 15) is 19.5 Å². The van der Waals surface area contributed by atoms with Crippen molar-refractivity contribution in [2.75, 3.05) is 23.4 Å². The number of carboxylic acids is 1. The number of rotatable bonds is 10. The van der Waals surface area contributed by atoms with E-state index in [4.69, 9.17) is 4.74 Å². The van der Waals surface area contributed by atoms with Crippen molar-refractivity contribution in [1.82, 2.24) is 5.32 Å². The highest BCUT2D eigenvalue weighted by molar-refractivity contribution is 14.1. The molecule has 0 fully saturated rings. The van der Waals surface area contributed by atoms with Crippen molar-refractivity contribution >= 4 is 58.0 Å². The van der Waals surface area contributed by atoms with E-state index in [1.165, 1.54) is 11.8 Å². The molecular weight excluding hydrogens is 591 g/mol. The molecule has 3 aromatic carbocycles. The molecule has 9 heteroatoms. The van der Waals surface area contributed by atoms with Gasteiger partial charge in [-0.3, -0.25) is 4.79 Å². The number of ether oxygens (including phenoxy) is 1. The number of carboxylic acid groups (broad SMARTS) is 1. The fourth-order valence-corrected chi connectivity index (χ4v) is 5.52. The molecule has 3 aromatic rings. The van der Waals surface area contributed by atoms with Gasteiger partial charge in [0, 0.05) is 15.2 Å². The van der Waals surface area contributed by atoms with Gasteiger partial charge in [-0.15, -0.1) is 0 Å². The van der Waals surface area contributed by atoms with Gasteiger partial charge in [0.1, 0.15) is 12.6 Å². The Balaban J connectivity index is 1.24. The summed E-state index contributed by atoms with van der Waals surface area (Å²) in [7, 11) is 0. The van der Waals surface area contributed by atoms with Gasteiger partial charge in [-0.25, -0.2) is 9.59 Å². The van der Waals surface area contributed by atoms with Crippen LogP contribution in [0.15, 0.2) is 72.8 Å². The summed E-state index contributed by atoms with van der Waals surface area (Å²) in [6, 6.07) is 22.4. The van der Waals surface area contributed by atoms with E-state index in [0.717, 1.165) is 25.8 Å². The lowest BCUT2D eigenvalue weighted by Gasteiger charge is -2.17. The Morgan fingerprint density at radius 1 is 0.972 bits per heavy atom. The average Bonchev–Trinajstić information content (AvgIpc) is 3.18. The summed E-state index contributed by atoms with van der Waals surface area (Å²) in [4.78, 5) is 36.2. The number of fused-ring (bicyclic) bond motifs is 3. The van der Waals surface area contributed by atoms with Crippen molar-refractivity contribution in [2.24, 2.45) is 0 Å². The number of anilines is 1. The minimum absolute atomic E-state index is 0.103. The fraction of sp³-hybridized carbons (Fsp3) is 0.222. The second-order valence-electron chi connectivity index (χ2n) is 8.26.